The van der Waals surface area contributed by atoms with Gasteiger partial charge in [-0.05, 0) is 44.4 Å². The van der Waals surface area contributed by atoms with Crippen LogP contribution in [0.5, 0.6) is 0 Å². The molecule has 7 heteroatoms. The number of carbonyl (C=O) groups is 1. The number of benzene rings is 1. The van der Waals surface area contributed by atoms with Crippen molar-refractivity contribution in [2.24, 2.45) is 0 Å². The first kappa shape index (κ1) is 15.8. The van der Waals surface area contributed by atoms with Gasteiger partial charge in [-0.25, -0.2) is 8.42 Å². The van der Waals surface area contributed by atoms with E-state index in [1.807, 2.05) is 6.92 Å². The summed E-state index contributed by atoms with van der Waals surface area (Å²) in [6.07, 6.45) is 1.94. The van der Waals surface area contributed by atoms with E-state index in [2.05, 4.69) is 15.9 Å². The molecule has 1 aliphatic rings. The number of halogens is 2. The Hall–Kier alpha value is -0.590. The molecule has 1 amide bonds. The van der Waals surface area contributed by atoms with Crippen LogP contribution in [-0.4, -0.2) is 31.8 Å². The van der Waals surface area contributed by atoms with E-state index in [9.17, 15) is 13.2 Å². The van der Waals surface area contributed by atoms with Gasteiger partial charge in [-0.15, -0.1) is 0 Å². The van der Waals surface area contributed by atoms with Crippen molar-refractivity contribution in [2.75, 3.05) is 6.54 Å². The first-order valence-electron chi connectivity index (χ1n) is 6.27. The molecule has 1 heterocycles. The molecule has 0 radical (unpaired) electrons. The Labute approximate surface area is 131 Å². The summed E-state index contributed by atoms with van der Waals surface area (Å²) in [5, 5.41) is 0. The summed E-state index contributed by atoms with van der Waals surface area (Å²) >= 11 is 3.24. The SMILES string of the molecule is Cc1c(C(=O)N2CCCC2C)cc(Br)cc1S(=O)(=O)Cl. The molecule has 0 bridgehead atoms. The van der Waals surface area contributed by atoms with Gasteiger partial charge in [-0.1, -0.05) is 15.9 Å². The van der Waals surface area contributed by atoms with Crippen LogP contribution in [0.2, 0.25) is 0 Å². The fraction of sp³-hybridized carbons (Fsp3) is 0.462. The summed E-state index contributed by atoms with van der Waals surface area (Å²) in [5.41, 5.74) is 0.777. The van der Waals surface area contributed by atoms with Crippen LogP contribution in [0.15, 0.2) is 21.5 Å². The van der Waals surface area contributed by atoms with Crippen molar-refractivity contribution in [1.82, 2.24) is 4.90 Å². The van der Waals surface area contributed by atoms with E-state index in [0.29, 0.717) is 22.1 Å². The van der Waals surface area contributed by atoms with Crippen molar-refractivity contribution < 1.29 is 13.2 Å². The molecule has 0 spiro atoms. The number of hydrogen-bond acceptors (Lipinski definition) is 3. The quantitative estimate of drug-likeness (QED) is 0.740. The predicted octanol–water partition coefficient (Wildman–Crippen LogP) is 3.31. The minimum absolute atomic E-state index is 0.0243. The van der Waals surface area contributed by atoms with Gasteiger partial charge in [0.05, 0.1) is 4.90 Å². The molecule has 2 rings (SSSR count). The average Bonchev–Trinajstić information content (AvgIpc) is 2.75. The molecule has 110 valence electrons. The van der Waals surface area contributed by atoms with E-state index >= 15 is 0 Å². The summed E-state index contributed by atoms with van der Waals surface area (Å²) in [4.78, 5) is 14.3. The summed E-state index contributed by atoms with van der Waals surface area (Å²) in [5.74, 6) is -0.143. The Balaban J connectivity index is 2.52. The van der Waals surface area contributed by atoms with Crippen molar-refractivity contribution in [3.05, 3.63) is 27.7 Å². The molecule has 1 aromatic carbocycles. The molecule has 1 saturated heterocycles. The van der Waals surface area contributed by atoms with Gasteiger partial charge in [0.25, 0.3) is 15.0 Å². The zero-order valence-electron chi connectivity index (χ0n) is 11.2. The standard InChI is InChI=1S/C13H15BrClNO3S/c1-8-4-3-5-16(8)13(17)11-6-10(14)7-12(9(11)2)20(15,18)19/h6-8H,3-5H2,1-2H3. The van der Waals surface area contributed by atoms with Crippen LogP contribution in [-0.2, 0) is 9.05 Å². The first-order valence-corrected chi connectivity index (χ1v) is 9.38. The lowest BCUT2D eigenvalue weighted by Crippen LogP contribution is -2.34. The normalized spacial score (nSPS) is 19.4. The van der Waals surface area contributed by atoms with E-state index in [-0.39, 0.29) is 16.8 Å². The number of hydrogen-bond donors (Lipinski definition) is 0. The third-order valence-corrected chi connectivity index (χ3v) is 5.54. The van der Waals surface area contributed by atoms with Gasteiger partial charge in [-0.3, -0.25) is 4.79 Å². The lowest BCUT2D eigenvalue weighted by molar-refractivity contribution is 0.0746. The van der Waals surface area contributed by atoms with Crippen molar-refractivity contribution in [2.45, 2.75) is 37.6 Å². The number of carbonyl (C=O) groups excluding carboxylic acids is 1. The maximum absolute atomic E-state index is 12.6. The molecule has 1 fully saturated rings. The average molecular weight is 381 g/mol. The van der Waals surface area contributed by atoms with Crippen LogP contribution in [0.3, 0.4) is 0 Å². The van der Waals surface area contributed by atoms with E-state index in [1.54, 1.807) is 17.9 Å². The Bertz CT molecular complexity index is 660. The molecular weight excluding hydrogens is 366 g/mol. The summed E-state index contributed by atoms with van der Waals surface area (Å²) in [6, 6.07) is 3.24. The number of nitrogens with zero attached hydrogens (tertiary/aromatic N) is 1. The van der Waals surface area contributed by atoms with Crippen molar-refractivity contribution in [3.63, 3.8) is 0 Å². The van der Waals surface area contributed by atoms with Gasteiger partial charge in [0, 0.05) is 33.3 Å². The molecule has 1 aromatic rings. The van der Waals surface area contributed by atoms with E-state index in [1.165, 1.54) is 6.07 Å². The summed E-state index contributed by atoms with van der Waals surface area (Å²) < 4.78 is 23.7. The van der Waals surface area contributed by atoms with Crippen LogP contribution < -0.4 is 0 Å². The molecule has 0 aliphatic carbocycles. The molecular formula is C13H15BrClNO3S. The van der Waals surface area contributed by atoms with Gasteiger partial charge in [-0.2, -0.15) is 0 Å². The highest BCUT2D eigenvalue weighted by Crippen LogP contribution is 2.29. The van der Waals surface area contributed by atoms with Crippen LogP contribution >= 0.6 is 26.6 Å². The minimum Gasteiger partial charge on any atom is -0.336 e. The van der Waals surface area contributed by atoms with Gasteiger partial charge >= 0.3 is 0 Å². The van der Waals surface area contributed by atoms with E-state index in [4.69, 9.17) is 10.7 Å². The molecule has 4 nitrogen and oxygen atoms in total. The van der Waals surface area contributed by atoms with Crippen LogP contribution in [0.25, 0.3) is 0 Å². The molecule has 0 saturated carbocycles. The monoisotopic (exact) mass is 379 g/mol. The molecule has 0 N–H and O–H groups in total. The maximum Gasteiger partial charge on any atom is 0.261 e. The van der Waals surface area contributed by atoms with Crippen LogP contribution in [0.4, 0.5) is 0 Å². The Morgan fingerprint density at radius 2 is 2.10 bits per heavy atom. The smallest absolute Gasteiger partial charge is 0.261 e. The van der Waals surface area contributed by atoms with Crippen molar-refractivity contribution >= 4 is 41.6 Å². The Morgan fingerprint density at radius 1 is 1.45 bits per heavy atom. The zero-order chi connectivity index (χ0) is 15.1. The third kappa shape index (κ3) is 3.02. The van der Waals surface area contributed by atoms with Gasteiger partial charge in [0.1, 0.15) is 0 Å². The highest BCUT2D eigenvalue weighted by molar-refractivity contribution is 9.10. The molecule has 1 aliphatic heterocycles. The highest BCUT2D eigenvalue weighted by atomic mass is 79.9. The van der Waals surface area contributed by atoms with Crippen molar-refractivity contribution in [3.8, 4) is 0 Å². The van der Waals surface area contributed by atoms with E-state index < -0.39 is 9.05 Å². The van der Waals surface area contributed by atoms with E-state index in [0.717, 1.165) is 12.8 Å². The lowest BCUT2D eigenvalue weighted by atomic mass is 10.1. The number of rotatable bonds is 2. The molecule has 1 atom stereocenters. The van der Waals surface area contributed by atoms with Gasteiger partial charge in [0.15, 0.2) is 0 Å². The van der Waals surface area contributed by atoms with Crippen LogP contribution in [0, 0.1) is 6.92 Å². The maximum atomic E-state index is 12.6. The Kier molecular flexibility index (Phi) is 4.47. The van der Waals surface area contributed by atoms with Crippen molar-refractivity contribution in [1.29, 1.82) is 0 Å². The third-order valence-electron chi connectivity index (χ3n) is 3.63. The number of amides is 1. The van der Waals surface area contributed by atoms with Gasteiger partial charge < -0.3 is 4.90 Å². The number of likely N-dealkylation sites (tertiary alicyclic amines) is 1. The summed E-state index contributed by atoms with van der Waals surface area (Å²) in [7, 11) is 1.55. The zero-order valence-corrected chi connectivity index (χ0v) is 14.3. The molecule has 0 aromatic heterocycles. The summed E-state index contributed by atoms with van der Waals surface area (Å²) in [6.45, 7) is 4.31. The highest BCUT2D eigenvalue weighted by Gasteiger charge is 2.29. The first-order chi connectivity index (χ1) is 9.21. The second kappa shape index (κ2) is 5.66. The topological polar surface area (TPSA) is 54.5 Å². The fourth-order valence-corrected chi connectivity index (χ4v) is 4.35. The minimum atomic E-state index is -3.88. The second-order valence-corrected chi connectivity index (χ2v) is 8.45. The van der Waals surface area contributed by atoms with Crippen LogP contribution in [0.1, 0.15) is 35.7 Å². The fourth-order valence-electron chi connectivity index (χ4n) is 2.52. The largest absolute Gasteiger partial charge is 0.336 e. The molecule has 1 unspecified atom stereocenters. The Morgan fingerprint density at radius 3 is 2.60 bits per heavy atom. The predicted molar refractivity (Wildman–Crippen MR) is 81.7 cm³/mol. The molecule has 20 heavy (non-hydrogen) atoms. The second-order valence-electron chi connectivity index (χ2n) is 5.00. The van der Waals surface area contributed by atoms with Gasteiger partial charge in [0.2, 0.25) is 0 Å². The lowest BCUT2D eigenvalue weighted by Gasteiger charge is -2.23.